The topological polar surface area (TPSA) is 12.5 Å². The average molecular weight is 616 g/mol. The summed E-state index contributed by atoms with van der Waals surface area (Å²) in [6, 6.07) is 61.3. The molecule has 228 valence electrons. The lowest BCUT2D eigenvalue weighted by Crippen LogP contribution is -2.56. The third-order valence-corrected chi connectivity index (χ3v) is 10.2. The van der Waals surface area contributed by atoms with Crippen LogP contribution in [0.5, 0.6) is 11.5 Å². The van der Waals surface area contributed by atoms with Crippen molar-refractivity contribution in [2.45, 2.75) is 19.3 Å². The number of para-hydroxylation sites is 3. The number of rotatable bonds is 4. The molecule has 0 unspecified atom stereocenters. The molecular formula is C45H34BNO. The second-order valence-electron chi connectivity index (χ2n) is 13.3. The fourth-order valence-corrected chi connectivity index (χ4v) is 7.96. The van der Waals surface area contributed by atoms with Gasteiger partial charge in [-0.3, -0.25) is 0 Å². The van der Waals surface area contributed by atoms with Gasteiger partial charge in [0.05, 0.1) is 11.4 Å². The van der Waals surface area contributed by atoms with Gasteiger partial charge >= 0.3 is 0 Å². The molecule has 7 aromatic rings. The van der Waals surface area contributed by atoms with Gasteiger partial charge in [-0.15, -0.1) is 0 Å². The Bertz CT molecular complexity index is 2200. The molecule has 0 saturated heterocycles. The van der Waals surface area contributed by atoms with Crippen molar-refractivity contribution >= 4 is 40.2 Å². The van der Waals surface area contributed by atoms with Crippen LogP contribution in [-0.2, 0) is 5.41 Å². The van der Waals surface area contributed by atoms with Gasteiger partial charge in [0.2, 0.25) is 0 Å². The minimum Gasteiger partial charge on any atom is -0.458 e. The second-order valence-corrected chi connectivity index (χ2v) is 13.3. The zero-order valence-corrected chi connectivity index (χ0v) is 27.1. The summed E-state index contributed by atoms with van der Waals surface area (Å²) in [7, 11) is 0. The number of ether oxygens (including phenoxy) is 1. The molecule has 0 spiro atoms. The molecule has 0 fully saturated rings. The molecule has 2 aliphatic heterocycles. The SMILES string of the molecule is CC1(C)c2ccccc2N(c2ccc3c(c2)Oc2ccccc2B3c2c(-c3ccccc3)cccc2-c2ccccc2)c2ccccc21. The van der Waals surface area contributed by atoms with Crippen molar-refractivity contribution in [1.82, 2.24) is 0 Å². The van der Waals surface area contributed by atoms with E-state index in [2.05, 4.69) is 189 Å². The molecule has 0 radical (unpaired) electrons. The molecule has 0 bridgehead atoms. The fraction of sp³-hybridized carbons (Fsp3) is 0.0667. The van der Waals surface area contributed by atoms with Crippen LogP contribution in [-0.4, -0.2) is 6.71 Å². The summed E-state index contributed by atoms with van der Waals surface area (Å²) >= 11 is 0. The highest BCUT2D eigenvalue weighted by molar-refractivity contribution is 6.98. The van der Waals surface area contributed by atoms with E-state index in [9.17, 15) is 0 Å². The summed E-state index contributed by atoms with van der Waals surface area (Å²) in [5, 5.41) is 0. The van der Waals surface area contributed by atoms with Crippen LogP contribution >= 0.6 is 0 Å². The van der Waals surface area contributed by atoms with Gasteiger partial charge in [-0.2, -0.15) is 0 Å². The first-order chi connectivity index (χ1) is 23.6. The summed E-state index contributed by atoms with van der Waals surface area (Å²) < 4.78 is 6.84. The molecular weight excluding hydrogens is 581 g/mol. The maximum absolute atomic E-state index is 6.84. The Morgan fingerprint density at radius 1 is 0.479 bits per heavy atom. The number of hydrogen-bond acceptors (Lipinski definition) is 2. The Hall–Kier alpha value is -5.80. The fourth-order valence-electron chi connectivity index (χ4n) is 7.96. The maximum atomic E-state index is 6.84. The molecule has 7 aromatic carbocycles. The molecule has 48 heavy (non-hydrogen) atoms. The van der Waals surface area contributed by atoms with Crippen LogP contribution < -0.4 is 26.0 Å². The smallest absolute Gasteiger partial charge is 0.252 e. The summed E-state index contributed by atoms with van der Waals surface area (Å²) in [6.07, 6.45) is 0. The highest BCUT2D eigenvalue weighted by Gasteiger charge is 2.39. The van der Waals surface area contributed by atoms with Gasteiger partial charge in [0.1, 0.15) is 11.5 Å². The lowest BCUT2D eigenvalue weighted by molar-refractivity contribution is 0.487. The molecule has 0 aromatic heterocycles. The van der Waals surface area contributed by atoms with Crippen LogP contribution in [0.4, 0.5) is 17.1 Å². The van der Waals surface area contributed by atoms with Gasteiger partial charge in [0, 0.05) is 17.2 Å². The quantitative estimate of drug-likeness (QED) is 0.183. The van der Waals surface area contributed by atoms with Gasteiger partial charge in [-0.25, -0.2) is 0 Å². The number of fused-ring (bicyclic) bond motifs is 4. The highest BCUT2D eigenvalue weighted by atomic mass is 16.5. The van der Waals surface area contributed by atoms with Crippen molar-refractivity contribution in [3.63, 3.8) is 0 Å². The lowest BCUT2D eigenvalue weighted by Gasteiger charge is -2.42. The van der Waals surface area contributed by atoms with Gasteiger partial charge in [0.25, 0.3) is 6.71 Å². The molecule has 0 aliphatic carbocycles. The van der Waals surface area contributed by atoms with E-state index in [0.29, 0.717) is 0 Å². The van der Waals surface area contributed by atoms with Gasteiger partial charge in [-0.05, 0) is 68.6 Å². The predicted molar refractivity (Wildman–Crippen MR) is 202 cm³/mol. The average Bonchev–Trinajstić information content (AvgIpc) is 3.14. The minimum absolute atomic E-state index is 0.0366. The third-order valence-electron chi connectivity index (χ3n) is 10.2. The van der Waals surface area contributed by atoms with E-state index < -0.39 is 0 Å². The van der Waals surface area contributed by atoms with Crippen LogP contribution in [0.25, 0.3) is 22.3 Å². The molecule has 9 rings (SSSR count). The van der Waals surface area contributed by atoms with E-state index in [-0.39, 0.29) is 12.1 Å². The standard InChI is InChI=1S/C45H34BNO/c1-45(2)36-22-9-12-25-40(36)47(41-26-13-10-23-37(41)45)33-28-29-39-43(30-33)48-42-27-14-11-24-38(42)46(39)44-34(31-16-5-3-6-17-31)20-15-21-35(44)32-18-7-4-8-19-32/h3-30H,1-2H3. The second kappa shape index (κ2) is 11.2. The molecule has 2 aliphatic rings. The summed E-state index contributed by atoms with van der Waals surface area (Å²) in [6.45, 7) is 4.62. The van der Waals surface area contributed by atoms with Gasteiger partial charge in [-0.1, -0.05) is 159 Å². The molecule has 0 N–H and O–H groups in total. The summed E-state index contributed by atoms with van der Waals surface area (Å²) in [5.41, 5.74) is 14.5. The molecule has 2 nitrogen and oxygen atoms in total. The van der Waals surface area contributed by atoms with Crippen LogP contribution in [0, 0.1) is 0 Å². The predicted octanol–water partition coefficient (Wildman–Crippen LogP) is 9.75. The maximum Gasteiger partial charge on any atom is 0.252 e. The summed E-state index contributed by atoms with van der Waals surface area (Å²) in [5.74, 6) is 1.78. The normalized spacial score (nSPS) is 13.9. The Kier molecular flexibility index (Phi) is 6.62. The zero-order valence-electron chi connectivity index (χ0n) is 27.1. The Morgan fingerprint density at radius 2 is 1.00 bits per heavy atom. The van der Waals surface area contributed by atoms with Gasteiger partial charge < -0.3 is 9.64 Å². The van der Waals surface area contributed by atoms with Crippen LogP contribution in [0.1, 0.15) is 25.0 Å². The van der Waals surface area contributed by atoms with Crippen LogP contribution in [0.2, 0.25) is 0 Å². The van der Waals surface area contributed by atoms with Gasteiger partial charge in [0.15, 0.2) is 0 Å². The first-order valence-electron chi connectivity index (χ1n) is 16.7. The first kappa shape index (κ1) is 28.4. The lowest BCUT2D eigenvalue weighted by atomic mass is 9.34. The molecule has 0 amide bonds. The Labute approximate surface area is 283 Å². The number of nitrogens with zero attached hydrogens (tertiary/aromatic N) is 1. The van der Waals surface area contributed by atoms with Crippen molar-refractivity contribution < 1.29 is 4.74 Å². The van der Waals surface area contributed by atoms with E-state index in [1.165, 1.54) is 55.7 Å². The molecule has 2 heterocycles. The molecule has 0 saturated carbocycles. The first-order valence-corrected chi connectivity index (χ1v) is 16.7. The minimum atomic E-state index is -0.118. The van der Waals surface area contributed by atoms with Crippen molar-refractivity contribution in [3.05, 3.63) is 181 Å². The van der Waals surface area contributed by atoms with E-state index in [0.717, 1.165) is 22.6 Å². The Balaban J connectivity index is 1.28. The Morgan fingerprint density at radius 3 is 1.62 bits per heavy atom. The zero-order chi connectivity index (χ0) is 32.2. The molecule has 0 atom stereocenters. The third kappa shape index (κ3) is 4.42. The van der Waals surface area contributed by atoms with E-state index in [1.807, 2.05) is 0 Å². The van der Waals surface area contributed by atoms with E-state index in [4.69, 9.17) is 4.74 Å². The number of anilines is 3. The van der Waals surface area contributed by atoms with Crippen LogP contribution in [0.15, 0.2) is 170 Å². The monoisotopic (exact) mass is 615 g/mol. The van der Waals surface area contributed by atoms with Crippen molar-refractivity contribution in [1.29, 1.82) is 0 Å². The van der Waals surface area contributed by atoms with Crippen molar-refractivity contribution in [2.75, 3.05) is 4.90 Å². The van der Waals surface area contributed by atoms with Crippen molar-refractivity contribution in [3.8, 4) is 33.8 Å². The van der Waals surface area contributed by atoms with E-state index >= 15 is 0 Å². The largest absolute Gasteiger partial charge is 0.458 e. The molecule has 3 heteroatoms. The van der Waals surface area contributed by atoms with Crippen molar-refractivity contribution in [2.24, 2.45) is 0 Å². The van der Waals surface area contributed by atoms with E-state index in [1.54, 1.807) is 0 Å². The number of hydrogen-bond donors (Lipinski definition) is 0. The summed E-state index contributed by atoms with van der Waals surface area (Å²) in [4.78, 5) is 2.41. The number of benzene rings is 7. The highest BCUT2D eigenvalue weighted by Crippen LogP contribution is 2.52. The van der Waals surface area contributed by atoms with Crippen LogP contribution in [0.3, 0.4) is 0 Å².